The monoisotopic (exact) mass is 375 g/mol. The van der Waals surface area contributed by atoms with Gasteiger partial charge in [0.25, 0.3) is 0 Å². The van der Waals surface area contributed by atoms with E-state index in [1.54, 1.807) is 0 Å². The minimum Gasteiger partial charge on any atom is -0.444 e. The van der Waals surface area contributed by atoms with Crippen molar-refractivity contribution in [3.05, 3.63) is 82.6 Å². The van der Waals surface area contributed by atoms with Crippen molar-refractivity contribution in [2.75, 3.05) is 5.32 Å². The number of nitriles is 1. The van der Waals surface area contributed by atoms with Gasteiger partial charge in [0.05, 0.1) is 0 Å². The van der Waals surface area contributed by atoms with Crippen LogP contribution in [0, 0.1) is 11.3 Å². The van der Waals surface area contributed by atoms with Gasteiger partial charge < -0.3 is 9.72 Å². The van der Waals surface area contributed by atoms with Gasteiger partial charge in [0.15, 0.2) is 0 Å². The molecule has 6 heteroatoms. The number of nitrogens with one attached hydrogen (secondary N) is 2. The molecule has 0 bridgehead atoms. The van der Waals surface area contributed by atoms with E-state index in [1.807, 2.05) is 60.7 Å². The Balaban J connectivity index is 1.54. The Kier molecular flexibility index (Phi) is 4.69. The minimum atomic E-state index is -0.604. The van der Waals surface area contributed by atoms with Crippen LogP contribution in [0.25, 0.3) is 10.9 Å². The number of aromatic amines is 1. The van der Waals surface area contributed by atoms with Gasteiger partial charge in [-0.1, -0.05) is 42.5 Å². The van der Waals surface area contributed by atoms with Gasteiger partial charge in [0.2, 0.25) is 0 Å². The molecule has 134 valence electrons. The van der Waals surface area contributed by atoms with Crippen molar-refractivity contribution in [2.45, 2.75) is 11.5 Å². The Labute approximate surface area is 159 Å². The Morgan fingerprint density at radius 1 is 1.15 bits per heavy atom. The number of rotatable bonds is 4. The third-order valence-electron chi connectivity index (χ3n) is 4.24. The number of hydrogen-bond donors (Lipinski definition) is 3. The number of hydrogen-bond acceptors (Lipinski definition) is 3. The number of carbonyl (C=O) groups excluding carboxylic acids is 1. The summed E-state index contributed by atoms with van der Waals surface area (Å²) in [6.07, 6.45) is 3.47. The molecule has 5 nitrogen and oxygen atoms in total. The molecule has 1 aromatic heterocycles. The molecule has 0 radical (unpaired) electrons. The van der Waals surface area contributed by atoms with E-state index in [0.717, 1.165) is 21.4 Å². The third-order valence-corrected chi connectivity index (χ3v) is 6.10. The first-order valence-corrected chi connectivity index (χ1v) is 9.89. The minimum absolute atomic E-state index is 0.169. The second-order valence-corrected chi connectivity index (χ2v) is 7.92. The van der Waals surface area contributed by atoms with Crippen molar-refractivity contribution in [2.24, 2.45) is 0 Å². The number of carbonyl (C=O) groups is 1. The Bertz CT molecular complexity index is 1080. The Hall–Kier alpha value is -3.43. The zero-order valence-electron chi connectivity index (χ0n) is 14.3. The van der Waals surface area contributed by atoms with Gasteiger partial charge in [-0.05, 0) is 39.5 Å². The molecule has 0 saturated carbocycles. The molecule has 1 amide bonds. The summed E-state index contributed by atoms with van der Waals surface area (Å²) >= 11 is 0. The van der Waals surface area contributed by atoms with Crippen LogP contribution in [-0.2, 0) is 11.3 Å². The summed E-state index contributed by atoms with van der Waals surface area (Å²) in [5.41, 5.74) is 2.11. The van der Waals surface area contributed by atoms with E-state index in [4.69, 9.17) is 4.74 Å². The highest BCUT2D eigenvalue weighted by Crippen LogP contribution is 2.43. The number of aromatic nitrogens is 1. The van der Waals surface area contributed by atoms with Gasteiger partial charge in [-0.15, -0.1) is 0 Å². The van der Waals surface area contributed by atoms with E-state index < -0.39 is 17.0 Å². The molecule has 4 rings (SSSR count). The van der Waals surface area contributed by atoms with Crippen LogP contribution < -0.4 is 5.32 Å². The average molecular weight is 375 g/mol. The third kappa shape index (κ3) is 3.59. The molecular formula is C21H17N3O2S. The number of allylic oxidation sites excluding steroid dienone is 2. The van der Waals surface area contributed by atoms with Crippen molar-refractivity contribution < 1.29 is 9.53 Å². The average Bonchev–Trinajstić information content (AvgIpc) is 3.34. The summed E-state index contributed by atoms with van der Waals surface area (Å²) in [7, 11) is -0.466. The number of benzene rings is 2. The van der Waals surface area contributed by atoms with Crippen LogP contribution in [0.15, 0.2) is 76.4 Å². The Morgan fingerprint density at radius 3 is 2.67 bits per heavy atom. The summed E-state index contributed by atoms with van der Waals surface area (Å²) < 4.78 is 5.24. The smallest absolute Gasteiger partial charge is 0.413 e. The molecule has 0 spiro atoms. The van der Waals surface area contributed by atoms with Crippen LogP contribution in [0.4, 0.5) is 10.6 Å². The molecule has 3 aromatic rings. The molecule has 0 unspecified atom stereocenters. The molecule has 0 saturated heterocycles. The fraction of sp³-hybridized carbons (Fsp3) is 0.0476. The molecule has 0 atom stereocenters. The summed E-state index contributed by atoms with van der Waals surface area (Å²) in [5, 5.41) is 17.4. The number of ether oxygens (including phenoxy) is 1. The van der Waals surface area contributed by atoms with Crippen molar-refractivity contribution in [1.82, 2.24) is 4.98 Å². The molecule has 1 aliphatic heterocycles. The highest BCUT2D eigenvalue weighted by molar-refractivity contribution is 8.22. The van der Waals surface area contributed by atoms with E-state index in [9.17, 15) is 10.1 Å². The number of amides is 1. The maximum absolute atomic E-state index is 12.1. The SMILES string of the molecule is N#Cc1c(NC(=O)OCc2ccccc2)[nH]c2ccc([SH]3C=CC=C3)cc12. The first kappa shape index (κ1) is 17.0. The lowest BCUT2D eigenvalue weighted by molar-refractivity contribution is 0.155. The van der Waals surface area contributed by atoms with Gasteiger partial charge in [-0.3, -0.25) is 5.32 Å². The predicted octanol–water partition coefficient (Wildman–Crippen LogP) is 5.19. The van der Waals surface area contributed by atoms with E-state index in [1.165, 1.54) is 0 Å². The predicted molar refractivity (Wildman–Crippen MR) is 109 cm³/mol. The topological polar surface area (TPSA) is 77.9 Å². The van der Waals surface area contributed by atoms with E-state index in [2.05, 4.69) is 27.2 Å². The Morgan fingerprint density at radius 2 is 1.93 bits per heavy atom. The first-order chi connectivity index (χ1) is 13.2. The van der Waals surface area contributed by atoms with Gasteiger partial charge in [-0.25, -0.2) is 4.79 Å². The van der Waals surface area contributed by atoms with E-state index in [-0.39, 0.29) is 6.61 Å². The van der Waals surface area contributed by atoms with Crippen LogP contribution >= 0.6 is 10.9 Å². The van der Waals surface area contributed by atoms with Crippen LogP contribution in [-0.4, -0.2) is 11.1 Å². The first-order valence-electron chi connectivity index (χ1n) is 8.41. The van der Waals surface area contributed by atoms with Crippen LogP contribution in [0.3, 0.4) is 0 Å². The summed E-state index contributed by atoms with van der Waals surface area (Å²) in [6, 6.07) is 17.6. The second kappa shape index (κ2) is 7.44. The fourth-order valence-electron chi connectivity index (χ4n) is 2.92. The van der Waals surface area contributed by atoms with E-state index >= 15 is 0 Å². The summed E-state index contributed by atoms with van der Waals surface area (Å²) in [4.78, 5) is 16.4. The van der Waals surface area contributed by atoms with Crippen LogP contribution in [0.5, 0.6) is 0 Å². The number of fused-ring (bicyclic) bond motifs is 1. The molecule has 0 aliphatic carbocycles. The van der Waals surface area contributed by atoms with Crippen molar-refractivity contribution in [1.29, 1.82) is 5.26 Å². The molecule has 27 heavy (non-hydrogen) atoms. The number of anilines is 1. The summed E-state index contributed by atoms with van der Waals surface area (Å²) in [5.74, 6) is 0.355. The van der Waals surface area contributed by atoms with Gasteiger partial charge >= 0.3 is 6.09 Å². The van der Waals surface area contributed by atoms with Gasteiger partial charge in [0.1, 0.15) is 24.1 Å². The van der Waals surface area contributed by atoms with Crippen molar-refractivity contribution in [3.63, 3.8) is 0 Å². The van der Waals surface area contributed by atoms with Crippen LogP contribution in [0.2, 0.25) is 0 Å². The molecule has 2 N–H and O–H groups in total. The number of H-pyrrole nitrogens is 1. The lowest BCUT2D eigenvalue weighted by atomic mass is 10.2. The van der Waals surface area contributed by atoms with Gasteiger partial charge in [0, 0.05) is 10.9 Å². The molecule has 1 aliphatic rings. The largest absolute Gasteiger partial charge is 0.444 e. The highest BCUT2D eigenvalue weighted by atomic mass is 32.2. The zero-order chi connectivity index (χ0) is 18.6. The number of nitrogens with zero attached hydrogens (tertiary/aromatic N) is 1. The zero-order valence-corrected chi connectivity index (χ0v) is 15.2. The van der Waals surface area contributed by atoms with Crippen molar-refractivity contribution >= 4 is 33.7 Å². The summed E-state index contributed by atoms with van der Waals surface area (Å²) in [6.45, 7) is 0.169. The normalized spacial score (nSPS) is 13.7. The number of thiol groups is 1. The molecule has 2 heterocycles. The standard InChI is InChI=1S/C21H17N3O2S/c22-13-18-17-12-16(27-10-4-5-11-27)8-9-19(17)23-20(18)24-21(25)26-14-15-6-2-1-3-7-15/h1-12,23,27H,14H2,(H,24,25). The maximum Gasteiger partial charge on any atom is 0.413 e. The molecular weight excluding hydrogens is 358 g/mol. The quantitative estimate of drug-likeness (QED) is 0.549. The fourth-order valence-corrected chi connectivity index (χ4v) is 4.46. The van der Waals surface area contributed by atoms with E-state index in [0.29, 0.717) is 11.4 Å². The van der Waals surface area contributed by atoms with Gasteiger partial charge in [-0.2, -0.15) is 16.2 Å². The maximum atomic E-state index is 12.1. The molecule has 0 fully saturated rings. The lowest BCUT2D eigenvalue weighted by Gasteiger charge is -2.10. The second-order valence-electron chi connectivity index (χ2n) is 5.99. The highest BCUT2D eigenvalue weighted by Gasteiger charge is 2.16. The lowest BCUT2D eigenvalue weighted by Crippen LogP contribution is -2.14. The van der Waals surface area contributed by atoms with Crippen molar-refractivity contribution in [3.8, 4) is 6.07 Å². The van der Waals surface area contributed by atoms with Crippen LogP contribution in [0.1, 0.15) is 11.1 Å². The molecule has 2 aromatic carbocycles.